The van der Waals surface area contributed by atoms with Crippen molar-refractivity contribution in [2.24, 2.45) is 0 Å². The number of anilines is 2. The molecular formula is C21H24ClN3O4S. The van der Waals surface area contributed by atoms with Gasteiger partial charge in [-0.2, -0.15) is 0 Å². The van der Waals surface area contributed by atoms with Crippen LogP contribution in [0, 0.1) is 0 Å². The van der Waals surface area contributed by atoms with Gasteiger partial charge in [-0.05, 0) is 36.4 Å². The van der Waals surface area contributed by atoms with Crippen molar-refractivity contribution < 1.29 is 19.1 Å². The van der Waals surface area contributed by atoms with E-state index in [0.717, 1.165) is 18.8 Å². The fourth-order valence-corrected chi connectivity index (χ4v) is 4.09. The zero-order valence-corrected chi connectivity index (χ0v) is 18.3. The molecule has 9 heteroatoms. The molecule has 0 unspecified atom stereocenters. The normalized spacial score (nSPS) is 13.7. The highest BCUT2D eigenvalue weighted by Gasteiger charge is 2.17. The Kier molecular flexibility index (Phi) is 7.84. The zero-order chi connectivity index (χ0) is 21.5. The minimum Gasteiger partial charge on any atom is -0.378 e. The van der Waals surface area contributed by atoms with E-state index in [1.807, 2.05) is 24.3 Å². The first kappa shape index (κ1) is 22.3. The predicted molar refractivity (Wildman–Crippen MR) is 119 cm³/mol. The van der Waals surface area contributed by atoms with Crippen LogP contribution in [0.4, 0.5) is 11.4 Å². The number of ether oxygens (including phenoxy) is 1. The molecule has 2 amide bonds. The summed E-state index contributed by atoms with van der Waals surface area (Å²) in [6, 6.07) is 10.9. The first-order chi connectivity index (χ1) is 14.4. The predicted octanol–water partition coefficient (Wildman–Crippen LogP) is 3.30. The number of ketones is 1. The molecule has 1 fully saturated rings. The highest BCUT2D eigenvalue weighted by Crippen LogP contribution is 2.23. The van der Waals surface area contributed by atoms with Gasteiger partial charge in [-0.15, -0.1) is 11.3 Å². The minimum atomic E-state index is -0.290. The van der Waals surface area contributed by atoms with Gasteiger partial charge < -0.3 is 19.9 Å². The maximum absolute atomic E-state index is 12.3. The van der Waals surface area contributed by atoms with Crippen molar-refractivity contribution in [1.82, 2.24) is 4.90 Å². The first-order valence-electron chi connectivity index (χ1n) is 9.67. The summed E-state index contributed by atoms with van der Waals surface area (Å²) in [5.41, 5.74) is 1.75. The molecule has 7 nitrogen and oxygen atoms in total. The van der Waals surface area contributed by atoms with Gasteiger partial charge in [0.2, 0.25) is 11.8 Å². The average molecular weight is 450 g/mol. The molecule has 0 atom stereocenters. The second-order valence-corrected chi connectivity index (χ2v) is 8.69. The van der Waals surface area contributed by atoms with Gasteiger partial charge in [0.25, 0.3) is 0 Å². The van der Waals surface area contributed by atoms with Crippen LogP contribution in [0.25, 0.3) is 0 Å². The number of nitrogens with zero attached hydrogens (tertiary/aromatic N) is 2. The van der Waals surface area contributed by atoms with E-state index < -0.39 is 0 Å². The Labute approximate surface area is 184 Å². The van der Waals surface area contributed by atoms with E-state index in [1.165, 1.54) is 16.2 Å². The Morgan fingerprint density at radius 1 is 1.10 bits per heavy atom. The summed E-state index contributed by atoms with van der Waals surface area (Å²) in [7, 11) is 1.55. The Morgan fingerprint density at radius 2 is 1.80 bits per heavy atom. The van der Waals surface area contributed by atoms with E-state index in [9.17, 15) is 14.4 Å². The smallest absolute Gasteiger partial charge is 0.243 e. The van der Waals surface area contributed by atoms with Crippen molar-refractivity contribution in [2.75, 3.05) is 50.1 Å². The average Bonchev–Trinajstić information content (AvgIpc) is 3.19. The van der Waals surface area contributed by atoms with Gasteiger partial charge in [0, 0.05) is 44.4 Å². The van der Waals surface area contributed by atoms with Crippen LogP contribution in [0.15, 0.2) is 36.4 Å². The summed E-state index contributed by atoms with van der Waals surface area (Å²) >= 11 is 7.02. The van der Waals surface area contributed by atoms with E-state index in [4.69, 9.17) is 16.3 Å². The summed E-state index contributed by atoms with van der Waals surface area (Å²) < 4.78 is 5.89. The van der Waals surface area contributed by atoms with Crippen molar-refractivity contribution in [3.8, 4) is 0 Å². The summed E-state index contributed by atoms with van der Waals surface area (Å²) in [6.07, 6.45) is 0.136. The fourth-order valence-electron chi connectivity index (χ4n) is 3.08. The van der Waals surface area contributed by atoms with Crippen LogP contribution in [0.2, 0.25) is 4.34 Å². The highest BCUT2D eigenvalue weighted by atomic mass is 35.5. The van der Waals surface area contributed by atoms with Crippen LogP contribution in [0.5, 0.6) is 0 Å². The van der Waals surface area contributed by atoms with Crippen LogP contribution < -0.4 is 10.2 Å². The monoisotopic (exact) mass is 449 g/mol. The van der Waals surface area contributed by atoms with E-state index in [-0.39, 0.29) is 37.0 Å². The third kappa shape index (κ3) is 6.29. The van der Waals surface area contributed by atoms with Gasteiger partial charge in [-0.3, -0.25) is 14.4 Å². The number of Topliss-reactive ketones (excluding diaryl/α,β-unsaturated/α-hetero) is 1. The molecule has 30 heavy (non-hydrogen) atoms. The fraction of sp³-hybridized carbons (Fsp3) is 0.381. The van der Waals surface area contributed by atoms with Gasteiger partial charge in [-0.1, -0.05) is 11.6 Å². The lowest BCUT2D eigenvalue weighted by Gasteiger charge is -2.28. The molecule has 160 valence electrons. The molecular weight excluding hydrogens is 426 g/mol. The first-order valence-corrected chi connectivity index (χ1v) is 10.9. The number of hydrogen-bond acceptors (Lipinski definition) is 6. The van der Waals surface area contributed by atoms with Crippen molar-refractivity contribution in [3.63, 3.8) is 0 Å². The number of halogens is 1. The Bertz CT molecular complexity index is 894. The highest BCUT2D eigenvalue weighted by molar-refractivity contribution is 7.18. The Balaban J connectivity index is 1.43. The molecule has 1 saturated heterocycles. The van der Waals surface area contributed by atoms with E-state index in [1.54, 1.807) is 19.2 Å². The molecule has 3 rings (SSSR count). The molecule has 1 aromatic heterocycles. The van der Waals surface area contributed by atoms with E-state index in [2.05, 4.69) is 10.2 Å². The molecule has 1 N–H and O–H groups in total. The molecule has 0 bridgehead atoms. The number of morpholine rings is 1. The third-order valence-corrected chi connectivity index (χ3v) is 6.02. The number of nitrogens with one attached hydrogen (secondary N) is 1. The second-order valence-electron chi connectivity index (χ2n) is 6.97. The summed E-state index contributed by atoms with van der Waals surface area (Å²) in [5.74, 6) is -0.677. The number of hydrogen-bond donors (Lipinski definition) is 1. The number of rotatable bonds is 8. The van der Waals surface area contributed by atoms with Gasteiger partial charge in [0.05, 0.1) is 29.0 Å². The van der Waals surface area contributed by atoms with Crippen LogP contribution in [-0.4, -0.2) is 62.4 Å². The Morgan fingerprint density at radius 3 is 2.43 bits per heavy atom. The number of thiophene rings is 1. The van der Waals surface area contributed by atoms with Gasteiger partial charge >= 0.3 is 0 Å². The molecule has 0 radical (unpaired) electrons. The molecule has 1 aliphatic heterocycles. The molecule has 2 aromatic rings. The number of amides is 2. The van der Waals surface area contributed by atoms with Gasteiger partial charge in [0.1, 0.15) is 0 Å². The van der Waals surface area contributed by atoms with Gasteiger partial charge in [-0.25, -0.2) is 0 Å². The maximum atomic E-state index is 12.3. The third-order valence-electron chi connectivity index (χ3n) is 4.75. The van der Waals surface area contributed by atoms with Crippen LogP contribution >= 0.6 is 22.9 Å². The standard InChI is InChI=1S/C21H24ClN3O4S/c1-24(21(28)9-6-17(26)18-7-8-19(22)30-18)14-20(27)23-15-2-4-16(5-3-15)25-10-12-29-13-11-25/h2-5,7-8H,6,9-14H2,1H3,(H,23,27). The van der Waals surface area contributed by atoms with E-state index >= 15 is 0 Å². The number of carbonyl (C=O) groups is 3. The van der Waals surface area contributed by atoms with Crippen LogP contribution in [-0.2, 0) is 14.3 Å². The largest absolute Gasteiger partial charge is 0.378 e. The van der Waals surface area contributed by atoms with Gasteiger partial charge in [0.15, 0.2) is 5.78 Å². The van der Waals surface area contributed by atoms with Crippen LogP contribution in [0.3, 0.4) is 0 Å². The summed E-state index contributed by atoms with van der Waals surface area (Å²) in [4.78, 5) is 40.7. The minimum absolute atomic E-state index is 0.0480. The molecule has 0 aliphatic carbocycles. The second kappa shape index (κ2) is 10.6. The molecule has 1 aliphatic rings. The molecule has 2 heterocycles. The summed E-state index contributed by atoms with van der Waals surface area (Å²) in [5, 5.41) is 2.80. The van der Waals surface area contributed by atoms with Crippen molar-refractivity contribution in [1.29, 1.82) is 0 Å². The summed E-state index contributed by atoms with van der Waals surface area (Å²) in [6.45, 7) is 3.04. The lowest BCUT2D eigenvalue weighted by atomic mass is 10.2. The zero-order valence-electron chi connectivity index (χ0n) is 16.7. The van der Waals surface area contributed by atoms with E-state index in [0.29, 0.717) is 28.1 Å². The maximum Gasteiger partial charge on any atom is 0.243 e. The SMILES string of the molecule is CN(CC(=O)Nc1ccc(N2CCOCC2)cc1)C(=O)CCC(=O)c1ccc(Cl)s1. The molecule has 0 saturated carbocycles. The lowest BCUT2D eigenvalue weighted by molar-refractivity contribution is -0.133. The Hall–Kier alpha value is -2.42. The topological polar surface area (TPSA) is 79.0 Å². The van der Waals surface area contributed by atoms with Crippen molar-refractivity contribution in [2.45, 2.75) is 12.8 Å². The van der Waals surface area contributed by atoms with Crippen molar-refractivity contribution >= 4 is 51.9 Å². The number of likely N-dealkylation sites (N-methyl/N-ethyl adjacent to an activating group) is 1. The molecule has 1 aromatic carbocycles. The number of benzene rings is 1. The molecule has 0 spiro atoms. The number of carbonyl (C=O) groups excluding carboxylic acids is 3. The lowest BCUT2D eigenvalue weighted by Crippen LogP contribution is -2.36. The quantitative estimate of drug-likeness (QED) is 0.625. The van der Waals surface area contributed by atoms with Crippen molar-refractivity contribution in [3.05, 3.63) is 45.6 Å². The van der Waals surface area contributed by atoms with Crippen LogP contribution in [0.1, 0.15) is 22.5 Å².